The van der Waals surface area contributed by atoms with Crippen LogP contribution in [0.3, 0.4) is 0 Å². The summed E-state index contributed by atoms with van der Waals surface area (Å²) in [6.45, 7) is 0. The summed E-state index contributed by atoms with van der Waals surface area (Å²) in [5.41, 5.74) is 0. The van der Waals surface area contributed by atoms with E-state index in [1.165, 1.54) is 0 Å². The molecule has 0 spiro atoms. The van der Waals surface area contributed by atoms with Crippen molar-refractivity contribution in [1.82, 2.24) is 0 Å². The van der Waals surface area contributed by atoms with E-state index in [-0.39, 0.29) is 0 Å². The number of alkyl halides is 2. The Morgan fingerprint density at radius 2 is 2.00 bits per heavy atom. The molecule has 2 unspecified atom stereocenters. The minimum absolute atomic E-state index is 0.563. The van der Waals surface area contributed by atoms with E-state index in [1.807, 2.05) is 0 Å². The lowest BCUT2D eigenvalue weighted by atomic mass is 10.0. The predicted octanol–water partition coefficient (Wildman–Crippen LogP) is 1.15. The molecule has 1 aliphatic carbocycles. The highest BCUT2D eigenvalue weighted by Gasteiger charge is 2.39. The Balaban J connectivity index is 2.78. The van der Waals surface area contributed by atoms with Gasteiger partial charge < -0.3 is 10.2 Å². The highest BCUT2D eigenvalue weighted by molar-refractivity contribution is 9.25. The molecule has 0 fully saturated rings. The van der Waals surface area contributed by atoms with Crippen molar-refractivity contribution in [1.29, 1.82) is 0 Å². The predicted molar refractivity (Wildman–Crippen MR) is 46.4 cm³/mol. The smallest absolute Gasteiger partial charge is 0.136 e. The molecule has 0 aromatic heterocycles. The number of aliphatic hydroxyl groups is 2. The van der Waals surface area contributed by atoms with Gasteiger partial charge in [0.15, 0.2) is 0 Å². The normalized spacial score (nSPS) is 38.0. The van der Waals surface area contributed by atoms with E-state index in [2.05, 4.69) is 31.9 Å². The van der Waals surface area contributed by atoms with E-state index in [0.717, 1.165) is 0 Å². The van der Waals surface area contributed by atoms with E-state index in [0.29, 0.717) is 6.42 Å². The minimum Gasteiger partial charge on any atom is -0.390 e. The minimum atomic E-state index is -0.755. The monoisotopic (exact) mass is 270 g/mol. The zero-order valence-electron chi connectivity index (χ0n) is 5.17. The van der Waals surface area contributed by atoms with Crippen LogP contribution >= 0.6 is 31.9 Å². The summed E-state index contributed by atoms with van der Waals surface area (Å²) in [5.74, 6) is 0. The third-order valence-corrected chi connectivity index (χ3v) is 3.51. The Bertz CT molecular complexity index is 156. The highest BCUT2D eigenvalue weighted by Crippen LogP contribution is 2.38. The molecule has 0 saturated heterocycles. The van der Waals surface area contributed by atoms with E-state index in [4.69, 9.17) is 0 Å². The molecule has 0 aliphatic heterocycles. The fraction of sp³-hybridized carbons (Fsp3) is 0.667. The molecule has 2 atom stereocenters. The number of hydrogen-bond donors (Lipinski definition) is 2. The largest absolute Gasteiger partial charge is 0.390 e. The average molecular weight is 272 g/mol. The Labute approximate surface area is 76.2 Å². The maximum Gasteiger partial charge on any atom is 0.136 e. The molecule has 10 heavy (non-hydrogen) atoms. The van der Waals surface area contributed by atoms with Crippen molar-refractivity contribution in [2.45, 2.75) is 21.9 Å². The van der Waals surface area contributed by atoms with Gasteiger partial charge in [0.2, 0.25) is 0 Å². The number of rotatable bonds is 0. The Kier molecular flexibility index (Phi) is 2.55. The van der Waals surface area contributed by atoms with Crippen LogP contribution < -0.4 is 0 Å². The standard InChI is InChI=1S/C6H8Br2O2/c7-6(8)4(9)2-1-3-5(6)10/h1-2,4-5,9-10H,3H2. The lowest BCUT2D eigenvalue weighted by Gasteiger charge is -2.32. The van der Waals surface area contributed by atoms with Crippen LogP contribution in [0.1, 0.15) is 6.42 Å². The zero-order valence-corrected chi connectivity index (χ0v) is 8.34. The molecule has 0 saturated carbocycles. The van der Waals surface area contributed by atoms with Gasteiger partial charge in [-0.1, -0.05) is 44.0 Å². The Hall–Kier alpha value is 0.620. The van der Waals surface area contributed by atoms with Crippen LogP contribution in [0.25, 0.3) is 0 Å². The van der Waals surface area contributed by atoms with Crippen LogP contribution in [0.4, 0.5) is 0 Å². The maximum atomic E-state index is 9.30. The molecule has 0 heterocycles. The fourth-order valence-electron chi connectivity index (χ4n) is 0.819. The number of halogens is 2. The molecule has 2 nitrogen and oxygen atoms in total. The second-order valence-corrected chi connectivity index (χ2v) is 5.99. The molecule has 0 amide bonds. The highest BCUT2D eigenvalue weighted by atomic mass is 79.9. The molecule has 0 bridgehead atoms. The first-order valence-electron chi connectivity index (χ1n) is 2.95. The van der Waals surface area contributed by atoms with E-state index in [9.17, 15) is 10.2 Å². The van der Waals surface area contributed by atoms with Crippen molar-refractivity contribution < 1.29 is 10.2 Å². The van der Waals surface area contributed by atoms with Gasteiger partial charge in [-0.2, -0.15) is 0 Å². The van der Waals surface area contributed by atoms with Gasteiger partial charge in [0.05, 0.1) is 12.2 Å². The van der Waals surface area contributed by atoms with Crippen molar-refractivity contribution in [3.63, 3.8) is 0 Å². The summed E-state index contributed by atoms with van der Waals surface area (Å²) in [7, 11) is 0. The van der Waals surface area contributed by atoms with Crippen molar-refractivity contribution in [3.8, 4) is 0 Å². The SMILES string of the molecule is OC1C=CCC(O)C1(Br)Br. The van der Waals surface area contributed by atoms with Crippen molar-refractivity contribution in [3.05, 3.63) is 12.2 Å². The molecule has 1 rings (SSSR count). The summed E-state index contributed by atoms with van der Waals surface area (Å²) in [6.07, 6.45) is 2.73. The van der Waals surface area contributed by atoms with E-state index < -0.39 is 15.4 Å². The zero-order chi connectivity index (χ0) is 7.78. The molecule has 1 aliphatic rings. The van der Waals surface area contributed by atoms with Crippen LogP contribution in [0.15, 0.2) is 12.2 Å². The summed E-state index contributed by atoms with van der Waals surface area (Å²) in [5, 5.41) is 18.6. The summed E-state index contributed by atoms with van der Waals surface area (Å²) in [6, 6.07) is 0. The second kappa shape index (κ2) is 2.93. The van der Waals surface area contributed by atoms with Crippen molar-refractivity contribution in [2.24, 2.45) is 0 Å². The number of aliphatic hydroxyl groups excluding tert-OH is 2. The van der Waals surface area contributed by atoms with Crippen LogP contribution in [0.2, 0.25) is 0 Å². The maximum absolute atomic E-state index is 9.30. The lowest BCUT2D eigenvalue weighted by Crippen LogP contribution is -2.42. The van der Waals surface area contributed by atoms with Gasteiger partial charge >= 0.3 is 0 Å². The Morgan fingerprint density at radius 1 is 1.40 bits per heavy atom. The fourth-order valence-corrected chi connectivity index (χ4v) is 1.50. The van der Waals surface area contributed by atoms with Crippen LogP contribution in [-0.4, -0.2) is 25.7 Å². The van der Waals surface area contributed by atoms with Gasteiger partial charge in [0.25, 0.3) is 0 Å². The molecular formula is C6H8Br2O2. The summed E-state index contributed by atoms with van der Waals surface area (Å²) in [4.78, 5) is 0. The molecule has 2 N–H and O–H groups in total. The third kappa shape index (κ3) is 1.44. The topological polar surface area (TPSA) is 40.5 Å². The van der Waals surface area contributed by atoms with Gasteiger partial charge in [-0.15, -0.1) is 0 Å². The number of hydrogen-bond acceptors (Lipinski definition) is 2. The van der Waals surface area contributed by atoms with Crippen molar-refractivity contribution in [2.75, 3.05) is 0 Å². The van der Waals surface area contributed by atoms with Crippen molar-refractivity contribution >= 4 is 31.9 Å². The average Bonchev–Trinajstić information content (AvgIpc) is 1.84. The van der Waals surface area contributed by atoms with Crippen LogP contribution in [0, 0.1) is 0 Å². The quantitative estimate of drug-likeness (QED) is 0.513. The molecular weight excluding hydrogens is 264 g/mol. The summed E-state index contributed by atoms with van der Waals surface area (Å²) >= 11 is 6.38. The molecule has 4 heteroatoms. The Morgan fingerprint density at radius 3 is 2.40 bits per heavy atom. The van der Waals surface area contributed by atoms with Gasteiger partial charge in [0, 0.05) is 0 Å². The van der Waals surface area contributed by atoms with Gasteiger partial charge in [-0.05, 0) is 6.42 Å². The molecule has 58 valence electrons. The van der Waals surface area contributed by atoms with Gasteiger partial charge in [-0.3, -0.25) is 0 Å². The van der Waals surface area contributed by atoms with Crippen LogP contribution in [-0.2, 0) is 0 Å². The molecule has 0 aromatic rings. The van der Waals surface area contributed by atoms with Crippen LogP contribution in [0.5, 0.6) is 0 Å². The third-order valence-electron chi connectivity index (χ3n) is 1.52. The van der Waals surface area contributed by atoms with Gasteiger partial charge in [-0.25, -0.2) is 0 Å². The van der Waals surface area contributed by atoms with E-state index >= 15 is 0 Å². The van der Waals surface area contributed by atoms with E-state index in [1.54, 1.807) is 12.2 Å². The second-order valence-electron chi connectivity index (χ2n) is 2.30. The lowest BCUT2D eigenvalue weighted by molar-refractivity contribution is 0.0975. The first kappa shape index (κ1) is 8.71. The first-order chi connectivity index (χ1) is 4.55. The molecule has 0 radical (unpaired) electrons. The summed E-state index contributed by atoms with van der Waals surface area (Å²) < 4.78 is -0.755. The first-order valence-corrected chi connectivity index (χ1v) is 4.54. The molecule has 0 aromatic carbocycles. The van der Waals surface area contributed by atoms with Gasteiger partial charge in [0.1, 0.15) is 3.23 Å².